The van der Waals surface area contributed by atoms with Crippen LogP contribution in [0.25, 0.3) is 11.3 Å². The molecule has 0 unspecified atom stereocenters. The predicted molar refractivity (Wildman–Crippen MR) is 112 cm³/mol. The Kier molecular flexibility index (Phi) is 6.41. The van der Waals surface area contributed by atoms with E-state index in [0.717, 1.165) is 21.3 Å². The van der Waals surface area contributed by atoms with E-state index in [0.29, 0.717) is 5.13 Å². The van der Waals surface area contributed by atoms with Gasteiger partial charge in [0.05, 0.1) is 17.2 Å². The van der Waals surface area contributed by atoms with Crippen LogP contribution in [0.15, 0.2) is 64.5 Å². The van der Waals surface area contributed by atoms with Crippen LogP contribution in [0.3, 0.4) is 0 Å². The highest BCUT2D eigenvalue weighted by Gasteiger charge is 2.15. The van der Waals surface area contributed by atoms with Crippen molar-refractivity contribution in [2.24, 2.45) is 0 Å². The molecule has 1 heterocycles. The zero-order chi connectivity index (χ0) is 19.3. The number of hydrogen-bond acceptors (Lipinski definition) is 5. The van der Waals surface area contributed by atoms with Gasteiger partial charge in [-0.15, -0.1) is 11.3 Å². The van der Waals surface area contributed by atoms with E-state index < -0.39 is 9.84 Å². The molecule has 0 aliphatic rings. The number of benzene rings is 2. The molecule has 0 bridgehead atoms. The first-order valence-corrected chi connectivity index (χ1v) is 11.7. The molecule has 0 radical (unpaired) electrons. The molecular weight excluding hydrogens is 448 g/mol. The standard InChI is InChI=1S/C19H17BrN2O3S2/c20-16-8-6-15(7-9-16)17-12-26-19(21-17)22-18(23)10-11-27(24,25)13-14-4-2-1-3-5-14/h1-9,12H,10-11,13H2,(H,21,22,23). The predicted octanol–water partition coefficient (Wildman–Crippen LogP) is 4.52. The summed E-state index contributed by atoms with van der Waals surface area (Å²) in [5, 5.41) is 4.98. The van der Waals surface area contributed by atoms with Gasteiger partial charge in [-0.05, 0) is 17.7 Å². The molecular formula is C19H17BrN2O3S2. The average Bonchev–Trinajstić information content (AvgIpc) is 3.10. The third kappa shape index (κ3) is 5.98. The Labute approximate surface area is 170 Å². The van der Waals surface area contributed by atoms with Crippen molar-refractivity contribution in [3.05, 3.63) is 70.0 Å². The molecule has 8 heteroatoms. The number of nitrogens with one attached hydrogen (secondary N) is 1. The van der Waals surface area contributed by atoms with Crippen LogP contribution in [-0.4, -0.2) is 25.1 Å². The van der Waals surface area contributed by atoms with Gasteiger partial charge in [0.25, 0.3) is 0 Å². The highest BCUT2D eigenvalue weighted by Crippen LogP contribution is 2.26. The number of hydrogen-bond donors (Lipinski definition) is 1. The van der Waals surface area contributed by atoms with Crippen molar-refractivity contribution in [1.82, 2.24) is 4.98 Å². The lowest BCUT2D eigenvalue weighted by atomic mass is 10.2. The number of rotatable bonds is 7. The van der Waals surface area contributed by atoms with Gasteiger partial charge in [-0.2, -0.15) is 0 Å². The number of halogens is 1. The Hall–Kier alpha value is -2.03. The van der Waals surface area contributed by atoms with Crippen molar-refractivity contribution >= 4 is 48.1 Å². The monoisotopic (exact) mass is 464 g/mol. The van der Waals surface area contributed by atoms with Gasteiger partial charge in [-0.3, -0.25) is 4.79 Å². The third-order valence-electron chi connectivity index (χ3n) is 3.76. The summed E-state index contributed by atoms with van der Waals surface area (Å²) in [6.45, 7) is 0. The highest BCUT2D eigenvalue weighted by atomic mass is 79.9. The molecule has 1 aromatic heterocycles. The number of sulfone groups is 1. The van der Waals surface area contributed by atoms with E-state index in [-0.39, 0.29) is 23.8 Å². The number of amides is 1. The highest BCUT2D eigenvalue weighted by molar-refractivity contribution is 9.10. The molecule has 0 aliphatic carbocycles. The van der Waals surface area contributed by atoms with Crippen molar-refractivity contribution in [2.75, 3.05) is 11.1 Å². The molecule has 0 spiro atoms. The first-order valence-electron chi connectivity index (χ1n) is 8.17. The number of thiazole rings is 1. The lowest BCUT2D eigenvalue weighted by molar-refractivity contribution is -0.115. The van der Waals surface area contributed by atoms with Crippen LogP contribution >= 0.6 is 27.3 Å². The van der Waals surface area contributed by atoms with Gasteiger partial charge in [0.15, 0.2) is 15.0 Å². The number of carbonyl (C=O) groups is 1. The fourth-order valence-corrected chi connectivity index (χ4v) is 4.76. The lowest BCUT2D eigenvalue weighted by Gasteiger charge is -2.05. The molecule has 0 saturated heterocycles. The molecule has 0 atom stereocenters. The molecule has 3 rings (SSSR count). The second-order valence-corrected chi connectivity index (χ2v) is 9.88. The van der Waals surface area contributed by atoms with E-state index >= 15 is 0 Å². The fourth-order valence-electron chi connectivity index (χ4n) is 2.41. The second-order valence-electron chi connectivity index (χ2n) is 5.92. The van der Waals surface area contributed by atoms with Crippen LogP contribution in [0.5, 0.6) is 0 Å². The molecule has 2 aromatic carbocycles. The summed E-state index contributed by atoms with van der Waals surface area (Å²) >= 11 is 4.69. The molecule has 140 valence electrons. The fraction of sp³-hybridized carbons (Fsp3) is 0.158. The van der Waals surface area contributed by atoms with Crippen LogP contribution in [-0.2, 0) is 20.4 Å². The van der Waals surface area contributed by atoms with Gasteiger partial charge >= 0.3 is 0 Å². The molecule has 1 amide bonds. The van der Waals surface area contributed by atoms with Crippen LogP contribution in [0, 0.1) is 0 Å². The summed E-state index contributed by atoms with van der Waals surface area (Å²) in [6, 6.07) is 16.6. The van der Waals surface area contributed by atoms with Gasteiger partial charge in [-0.25, -0.2) is 13.4 Å². The zero-order valence-corrected chi connectivity index (χ0v) is 17.5. The van der Waals surface area contributed by atoms with E-state index in [2.05, 4.69) is 26.2 Å². The summed E-state index contributed by atoms with van der Waals surface area (Å²) in [6.07, 6.45) is -0.0949. The summed E-state index contributed by atoms with van der Waals surface area (Å²) in [5.74, 6) is -0.617. The van der Waals surface area contributed by atoms with Crippen molar-refractivity contribution in [1.29, 1.82) is 0 Å². The molecule has 0 aliphatic heterocycles. The maximum Gasteiger partial charge on any atom is 0.227 e. The van der Waals surface area contributed by atoms with E-state index in [9.17, 15) is 13.2 Å². The minimum atomic E-state index is -3.35. The Morgan fingerprint density at radius 2 is 1.78 bits per heavy atom. The van der Waals surface area contributed by atoms with Crippen molar-refractivity contribution in [2.45, 2.75) is 12.2 Å². The van der Waals surface area contributed by atoms with Crippen LogP contribution < -0.4 is 5.32 Å². The van der Waals surface area contributed by atoms with Crippen LogP contribution in [0.1, 0.15) is 12.0 Å². The molecule has 27 heavy (non-hydrogen) atoms. The first kappa shape index (κ1) is 19.7. The van der Waals surface area contributed by atoms with Crippen LogP contribution in [0.4, 0.5) is 5.13 Å². The van der Waals surface area contributed by atoms with E-state index in [1.54, 1.807) is 24.3 Å². The van der Waals surface area contributed by atoms with Gasteiger partial charge in [0.1, 0.15) is 0 Å². The summed E-state index contributed by atoms with van der Waals surface area (Å²) in [4.78, 5) is 16.5. The topological polar surface area (TPSA) is 76.1 Å². The molecule has 5 nitrogen and oxygen atoms in total. The van der Waals surface area contributed by atoms with Gasteiger partial charge < -0.3 is 5.32 Å². The van der Waals surface area contributed by atoms with E-state index in [1.807, 2.05) is 35.7 Å². The van der Waals surface area contributed by atoms with Gasteiger partial charge in [-0.1, -0.05) is 58.4 Å². The first-order chi connectivity index (χ1) is 12.9. The molecule has 0 saturated carbocycles. The normalized spacial score (nSPS) is 11.3. The Balaban J connectivity index is 1.54. The quantitative estimate of drug-likeness (QED) is 0.557. The molecule has 1 N–H and O–H groups in total. The number of anilines is 1. The number of aromatic nitrogens is 1. The lowest BCUT2D eigenvalue weighted by Crippen LogP contribution is -2.18. The average molecular weight is 465 g/mol. The maximum absolute atomic E-state index is 12.2. The van der Waals surface area contributed by atoms with Crippen molar-refractivity contribution in [3.8, 4) is 11.3 Å². The van der Waals surface area contributed by atoms with E-state index in [1.165, 1.54) is 11.3 Å². The second kappa shape index (κ2) is 8.77. The number of nitrogens with zero attached hydrogens (tertiary/aromatic N) is 1. The third-order valence-corrected chi connectivity index (χ3v) is 6.65. The Bertz CT molecular complexity index is 1020. The summed E-state index contributed by atoms with van der Waals surface area (Å²) < 4.78 is 25.3. The van der Waals surface area contributed by atoms with Gasteiger partial charge in [0.2, 0.25) is 5.91 Å². The number of carbonyl (C=O) groups excluding carboxylic acids is 1. The van der Waals surface area contributed by atoms with E-state index in [4.69, 9.17) is 0 Å². The summed E-state index contributed by atoms with van der Waals surface area (Å²) in [5.41, 5.74) is 2.43. The minimum Gasteiger partial charge on any atom is -0.302 e. The largest absolute Gasteiger partial charge is 0.302 e. The van der Waals surface area contributed by atoms with Crippen LogP contribution in [0.2, 0.25) is 0 Å². The molecule has 0 fully saturated rings. The zero-order valence-electron chi connectivity index (χ0n) is 14.3. The van der Waals surface area contributed by atoms with Crippen molar-refractivity contribution < 1.29 is 13.2 Å². The Morgan fingerprint density at radius 3 is 2.48 bits per heavy atom. The SMILES string of the molecule is O=C(CCS(=O)(=O)Cc1ccccc1)Nc1nc(-c2ccc(Br)cc2)cs1. The minimum absolute atomic E-state index is 0.0634. The van der Waals surface area contributed by atoms with Crippen molar-refractivity contribution in [3.63, 3.8) is 0 Å². The van der Waals surface area contributed by atoms with Gasteiger partial charge in [0, 0.05) is 21.8 Å². The maximum atomic E-state index is 12.2. The molecule has 3 aromatic rings. The summed E-state index contributed by atoms with van der Waals surface area (Å²) in [7, 11) is -3.35. The Morgan fingerprint density at radius 1 is 1.07 bits per heavy atom. The smallest absolute Gasteiger partial charge is 0.227 e.